The normalized spacial score (nSPS) is 16.4. The van der Waals surface area contributed by atoms with Gasteiger partial charge in [-0.25, -0.2) is 4.98 Å². The molecule has 0 spiro atoms. The molecule has 6 aromatic rings. The number of hydrogen-bond acceptors (Lipinski definition) is 4. The van der Waals surface area contributed by atoms with E-state index in [9.17, 15) is 0 Å². The second kappa shape index (κ2) is 13.7. The van der Waals surface area contributed by atoms with Crippen molar-refractivity contribution in [2.45, 2.75) is 60.4 Å². The maximum atomic E-state index is 8.55. The van der Waals surface area contributed by atoms with Crippen LogP contribution in [-0.2, 0) is 26.5 Å². The predicted molar refractivity (Wildman–Crippen MR) is 183 cm³/mol. The van der Waals surface area contributed by atoms with Crippen molar-refractivity contribution in [3.63, 3.8) is 0 Å². The van der Waals surface area contributed by atoms with Crippen LogP contribution in [0.4, 0.5) is 0 Å². The van der Waals surface area contributed by atoms with Gasteiger partial charge in [0.05, 0.1) is 8.07 Å². The Hall–Kier alpha value is -3.02. The molecule has 0 aliphatic heterocycles. The van der Waals surface area contributed by atoms with Gasteiger partial charge in [0, 0.05) is 58.7 Å². The first-order chi connectivity index (χ1) is 24.4. The van der Waals surface area contributed by atoms with Gasteiger partial charge < -0.3 is 9.97 Å². The van der Waals surface area contributed by atoms with Crippen molar-refractivity contribution in [3.05, 3.63) is 108 Å². The van der Waals surface area contributed by atoms with E-state index in [-0.39, 0.29) is 42.8 Å². The average Bonchev–Trinajstić information content (AvgIpc) is 3.45. The van der Waals surface area contributed by atoms with E-state index < -0.39 is 35.0 Å². The Morgan fingerprint density at radius 2 is 1.84 bits per heavy atom. The molecule has 1 radical (unpaired) electrons. The third kappa shape index (κ3) is 7.56. The second-order valence-electron chi connectivity index (χ2n) is 11.3. The number of aromatic nitrogens is 3. The van der Waals surface area contributed by atoms with E-state index in [4.69, 9.17) is 15.1 Å². The summed E-state index contributed by atoms with van der Waals surface area (Å²) >= 11 is 1.13. The van der Waals surface area contributed by atoms with Gasteiger partial charge in [-0.15, -0.1) is 59.2 Å². The minimum Gasteiger partial charge on any atom is -0.305 e. The summed E-state index contributed by atoms with van der Waals surface area (Å²) < 4.78 is 87.1. The molecule has 223 valence electrons. The Labute approximate surface area is 290 Å². The minimum absolute atomic E-state index is 0. The molecule has 2 aromatic carbocycles. The van der Waals surface area contributed by atoms with Gasteiger partial charge in [0.1, 0.15) is 4.83 Å². The van der Waals surface area contributed by atoms with E-state index in [0.717, 1.165) is 33.3 Å². The molecule has 0 amide bonds. The van der Waals surface area contributed by atoms with E-state index in [1.807, 2.05) is 50.4 Å². The zero-order valence-corrected chi connectivity index (χ0v) is 28.8. The zero-order valence-electron chi connectivity index (χ0n) is 35.6. The van der Waals surface area contributed by atoms with Crippen molar-refractivity contribution in [1.82, 2.24) is 15.0 Å². The summed E-state index contributed by atoms with van der Waals surface area (Å²) in [6, 6.07) is 22.9. The van der Waals surface area contributed by atoms with Crippen molar-refractivity contribution >= 4 is 44.9 Å². The molecule has 4 aromatic heterocycles. The Bertz CT molecular complexity index is 2260. The molecule has 0 saturated carbocycles. The minimum atomic E-state index is -2.43. The number of nitrogens with zero attached hydrogens (tertiary/aromatic N) is 3. The molecule has 0 bridgehead atoms. The van der Waals surface area contributed by atoms with Crippen molar-refractivity contribution < 1.29 is 35.2 Å². The molecule has 0 saturated heterocycles. The quantitative estimate of drug-likeness (QED) is 0.129. The molecule has 0 fully saturated rings. The van der Waals surface area contributed by atoms with E-state index >= 15 is 0 Å². The fourth-order valence-corrected chi connectivity index (χ4v) is 7.25. The fraction of sp³-hybridized carbons (Fsp3) is 0.270. The van der Waals surface area contributed by atoms with Crippen LogP contribution in [0.3, 0.4) is 0 Å². The van der Waals surface area contributed by atoms with Crippen LogP contribution in [-0.4, -0.2) is 23.0 Å². The van der Waals surface area contributed by atoms with Gasteiger partial charge in [-0.05, 0) is 59.4 Å². The van der Waals surface area contributed by atoms with Gasteiger partial charge in [-0.2, -0.15) is 11.3 Å². The standard InChI is InChI=1S/C19H15N2S.C18H24NSi.Ir/c1-11-8-9-20-16(10-11)14-6-4-12(2)17-15-7-5-13(3)21-19(15)22-18(14)17;1-14(2)11-16-12-17(15-9-7-6-8-10-15)19-13-18(16)20(3,4)5;/h4-5,7-10H,1-3H3;6-9,12-14H,11H2,1-5H3;/q2*-1;/i1D3,2D3,3D3;11D2;. The molecule has 4 heterocycles. The first-order valence-corrected chi connectivity index (χ1v) is 18.0. The summed E-state index contributed by atoms with van der Waals surface area (Å²) in [5.41, 5.74) is 3.34. The molecule has 3 nitrogen and oxygen atoms in total. The number of pyridine rings is 3. The summed E-state index contributed by atoms with van der Waals surface area (Å²) in [7, 11) is -1.67. The number of fused-ring (bicyclic) bond motifs is 3. The van der Waals surface area contributed by atoms with Crippen LogP contribution in [0.15, 0.2) is 73.1 Å². The number of hydrogen-bond donors (Lipinski definition) is 0. The van der Waals surface area contributed by atoms with E-state index in [1.165, 1.54) is 30.5 Å². The molecule has 0 unspecified atom stereocenters. The molecule has 6 heteroatoms. The maximum Gasteiger partial charge on any atom is 0.114 e. The van der Waals surface area contributed by atoms with Crippen molar-refractivity contribution in [1.29, 1.82) is 0 Å². The second-order valence-corrected chi connectivity index (χ2v) is 17.3. The fourth-order valence-electron chi connectivity index (χ4n) is 4.64. The van der Waals surface area contributed by atoms with E-state index in [1.54, 1.807) is 6.07 Å². The summed E-state index contributed by atoms with van der Waals surface area (Å²) in [6.07, 6.45) is 1.91. The Balaban J connectivity index is 0.000000250. The van der Waals surface area contributed by atoms with Gasteiger partial charge in [-0.1, -0.05) is 75.1 Å². The summed E-state index contributed by atoms with van der Waals surface area (Å²) in [5.74, 6) is -0.0856. The van der Waals surface area contributed by atoms with Crippen LogP contribution in [0.1, 0.15) is 51.3 Å². The summed E-state index contributed by atoms with van der Waals surface area (Å²) in [4.78, 5) is 13.5. The van der Waals surface area contributed by atoms with E-state index in [0.29, 0.717) is 31.6 Å². The number of benzene rings is 2. The molecule has 0 aliphatic rings. The topological polar surface area (TPSA) is 38.7 Å². The zero-order chi connectivity index (χ0) is 39.3. The molecular formula is C37H39IrN3SSi-2. The largest absolute Gasteiger partial charge is 0.305 e. The average molecular weight is 789 g/mol. The smallest absolute Gasteiger partial charge is 0.114 e. The Morgan fingerprint density at radius 3 is 2.53 bits per heavy atom. The molecule has 0 atom stereocenters. The van der Waals surface area contributed by atoms with E-state index in [2.05, 4.69) is 46.7 Å². The van der Waals surface area contributed by atoms with Crippen LogP contribution in [0.25, 0.3) is 42.8 Å². The summed E-state index contributed by atoms with van der Waals surface area (Å²) in [5, 5.41) is 2.03. The SMILES string of the molecule is [2H]C([2H])([2H])c1ccnc(-c2[c-]cc(C([2H])([2H])[2H])c3c2sc2nc(C([2H])([2H])[2H])ccc23)c1.[2H]C([2H])(c1cc(-c2[c-]cccc2)ncc1[Si](C)(C)C)C(C)C.[Ir]. The summed E-state index contributed by atoms with van der Waals surface area (Å²) in [6.45, 7) is 3.41. The molecule has 43 heavy (non-hydrogen) atoms. The number of rotatable bonds is 5. The van der Waals surface area contributed by atoms with Crippen LogP contribution in [0, 0.1) is 38.6 Å². The van der Waals surface area contributed by atoms with Crippen molar-refractivity contribution in [2.24, 2.45) is 5.92 Å². The van der Waals surface area contributed by atoms with Crippen LogP contribution >= 0.6 is 11.3 Å². The first kappa shape index (κ1) is 20.8. The monoisotopic (exact) mass is 789 g/mol. The van der Waals surface area contributed by atoms with Crippen LogP contribution in [0.5, 0.6) is 0 Å². The van der Waals surface area contributed by atoms with Gasteiger partial charge in [0.25, 0.3) is 0 Å². The number of aryl methyl sites for hydroxylation is 3. The van der Waals surface area contributed by atoms with Gasteiger partial charge in [0.2, 0.25) is 0 Å². The van der Waals surface area contributed by atoms with Crippen molar-refractivity contribution in [2.75, 3.05) is 0 Å². The maximum absolute atomic E-state index is 8.55. The Morgan fingerprint density at radius 1 is 0.977 bits per heavy atom. The third-order valence-electron chi connectivity index (χ3n) is 6.57. The van der Waals surface area contributed by atoms with Gasteiger partial charge in [-0.3, -0.25) is 0 Å². The molecule has 6 rings (SSSR count). The third-order valence-corrected chi connectivity index (χ3v) is 9.70. The van der Waals surface area contributed by atoms with Gasteiger partial charge in [0.15, 0.2) is 0 Å². The predicted octanol–water partition coefficient (Wildman–Crippen LogP) is 9.53. The van der Waals surface area contributed by atoms with Crippen LogP contribution in [0.2, 0.25) is 19.6 Å². The molecular weight excluding hydrogens is 739 g/mol. The molecule has 0 aliphatic carbocycles. The van der Waals surface area contributed by atoms with Crippen molar-refractivity contribution in [3.8, 4) is 22.5 Å². The Kier molecular flexibility index (Phi) is 6.66. The van der Waals surface area contributed by atoms with Crippen LogP contribution < -0.4 is 5.19 Å². The first-order valence-electron chi connectivity index (χ1n) is 19.1. The molecule has 0 N–H and O–H groups in total. The number of thiophene rings is 1. The van der Waals surface area contributed by atoms with Gasteiger partial charge >= 0.3 is 0 Å².